The van der Waals surface area contributed by atoms with Gasteiger partial charge in [-0.05, 0) is 107 Å². The molecule has 4 aliphatic rings. The average molecular weight is 715 g/mol. The van der Waals surface area contributed by atoms with Crippen LogP contribution in [0.2, 0.25) is 12.1 Å². The molecule has 0 amide bonds. The van der Waals surface area contributed by atoms with E-state index in [-0.39, 0.29) is 34.1 Å². The molecule has 0 aromatic rings. The number of hydrogen-bond donors (Lipinski definition) is 0. The summed E-state index contributed by atoms with van der Waals surface area (Å²) in [5, 5.41) is 0. The molecule has 4 rings (SSSR count). The average Bonchev–Trinajstić information content (AvgIpc) is 3.71. The molecule has 4 aliphatic carbocycles. The summed E-state index contributed by atoms with van der Waals surface area (Å²) in [5.74, 6) is 3.30. The van der Waals surface area contributed by atoms with Gasteiger partial charge in [-0.15, -0.1) is 23.8 Å². The van der Waals surface area contributed by atoms with Gasteiger partial charge < -0.3 is 0 Å². The maximum Gasteiger partial charge on any atom is 0.0201 e. The van der Waals surface area contributed by atoms with Crippen LogP contribution in [0.3, 0.4) is 0 Å². The summed E-state index contributed by atoms with van der Waals surface area (Å²) in [6, 6.07) is 0. The maximum absolute atomic E-state index is 2.47. The molecule has 0 aliphatic heterocycles. The van der Waals surface area contributed by atoms with E-state index in [2.05, 4.69) is 60.4 Å². The van der Waals surface area contributed by atoms with Crippen LogP contribution in [-0.2, 0) is 34.1 Å². The van der Waals surface area contributed by atoms with E-state index in [0.717, 1.165) is 29.1 Å². The predicted octanol–water partition coefficient (Wildman–Crippen LogP) is 11.9. The Kier molecular flexibility index (Phi) is 31.1. The molecule has 4 unspecified atom stereocenters. The van der Waals surface area contributed by atoms with E-state index in [1.165, 1.54) is 114 Å². The Bertz CT molecular complexity index is 521. The predicted molar refractivity (Wildman–Crippen MR) is 192 cm³/mol. The Hall–Kier alpha value is 2.55. The van der Waals surface area contributed by atoms with Gasteiger partial charge in [0, 0.05) is 43.7 Å². The molecule has 4 saturated carbocycles. The van der Waals surface area contributed by atoms with Crippen LogP contribution >= 0.6 is 23.8 Å². The van der Waals surface area contributed by atoms with Gasteiger partial charge in [0.05, 0.1) is 0 Å². The molecule has 0 aromatic heterocycles. The second-order valence-corrected chi connectivity index (χ2v) is 23.7. The third-order valence-electron chi connectivity index (χ3n) is 10.3. The fourth-order valence-electron chi connectivity index (χ4n) is 7.70. The third kappa shape index (κ3) is 19.8. The van der Waals surface area contributed by atoms with Crippen LogP contribution in [-0.4, -0.2) is 67.0 Å². The van der Waals surface area contributed by atoms with Gasteiger partial charge in [-0.25, -0.2) is 0 Å². The minimum Gasteiger partial charge on any atom is -0.113 e. The van der Waals surface area contributed by atoms with Crippen LogP contribution in [0.5, 0.6) is 0 Å². The van der Waals surface area contributed by atoms with Gasteiger partial charge in [0.15, 0.2) is 0 Å². The van der Waals surface area contributed by atoms with Crippen LogP contribution in [0.15, 0.2) is 0 Å². The summed E-state index contributed by atoms with van der Waals surface area (Å²) in [5.41, 5.74) is 3.47. The molecule has 6 heteroatoms. The molecular formula is C34H73Fe2P3Si. The molecule has 244 valence electrons. The number of hydrogen-bond acceptors (Lipinski definition) is 0. The molecule has 0 spiro atoms. The van der Waals surface area contributed by atoms with Crippen LogP contribution in [0, 0.1) is 17.8 Å². The first kappa shape index (κ1) is 44.7. The van der Waals surface area contributed by atoms with E-state index in [1.54, 1.807) is 12.8 Å². The van der Waals surface area contributed by atoms with E-state index in [4.69, 9.17) is 0 Å². The summed E-state index contributed by atoms with van der Waals surface area (Å²) in [7, 11) is 1.43. The van der Waals surface area contributed by atoms with Gasteiger partial charge >= 0.3 is 0 Å². The second-order valence-electron chi connectivity index (χ2n) is 13.9. The Morgan fingerprint density at radius 2 is 1.02 bits per heavy atom. The summed E-state index contributed by atoms with van der Waals surface area (Å²) in [6.07, 6.45) is 28.7. The normalized spacial score (nSPS) is 26.7. The Labute approximate surface area is 282 Å². The smallest absolute Gasteiger partial charge is 0.0201 e. The van der Waals surface area contributed by atoms with Crippen LogP contribution in [0.25, 0.3) is 0 Å². The molecular weight excluding hydrogens is 641 g/mol. The van der Waals surface area contributed by atoms with E-state index < -0.39 is 0 Å². The zero-order chi connectivity index (χ0) is 28.3. The summed E-state index contributed by atoms with van der Waals surface area (Å²) in [6.45, 7) is 21.7. The number of rotatable bonds is 9. The summed E-state index contributed by atoms with van der Waals surface area (Å²) >= 11 is 0. The Morgan fingerprint density at radius 3 is 1.35 bits per heavy atom. The van der Waals surface area contributed by atoms with Gasteiger partial charge in [0.25, 0.3) is 0 Å². The Morgan fingerprint density at radius 1 is 0.575 bits per heavy atom. The molecule has 0 bridgehead atoms. The standard InChI is InChI=1S/C11H24P2.C10H21P.C7H14.C6H14Si.2Fe/c1-12(2)9-8-10-6-5-7-11(10)13(3)4;1-4-6-9-7-5-8-10(9)11(2)3;1-2-7-5-3-4-6-7;1-7-6-4-2-3-5-6;;/h10-11H,5-9H2,1-4H3;9-10H,4-8H2,1-3H3;7H,2-6H2,1H3;6H,2-5,7H2,1H3;;. The third-order valence-corrected chi connectivity index (χ3v) is 17.4. The molecule has 0 N–H and O–H groups in total. The van der Waals surface area contributed by atoms with Gasteiger partial charge in [-0.2, -0.15) is 0 Å². The maximum atomic E-state index is 2.47. The molecule has 4 atom stereocenters. The fraction of sp³-hybridized carbons (Fsp3) is 1.00. The van der Waals surface area contributed by atoms with Gasteiger partial charge in [-0.1, -0.05) is 109 Å². The molecule has 4 fully saturated rings. The van der Waals surface area contributed by atoms with Crippen molar-refractivity contribution in [3.05, 3.63) is 0 Å². The summed E-state index contributed by atoms with van der Waals surface area (Å²) < 4.78 is 0. The monoisotopic (exact) mass is 714 g/mol. The molecule has 0 aromatic carbocycles. The largest absolute Gasteiger partial charge is 0.113 e. The first-order chi connectivity index (χ1) is 18.2. The fourth-order valence-corrected chi connectivity index (χ4v) is 13.6. The minimum absolute atomic E-state index is 0. The molecule has 0 radical (unpaired) electrons. The second kappa shape index (κ2) is 27.8. The first-order valence-corrected chi connectivity index (χ1v) is 26.5. The SMILES string of the molecule is CCC1CCCC1.CCCC1CCCC1P(C)C.CP(C)CCC1CCCC1P(C)C.C[SiH2]C1CCCC1.[Fe].[Fe]. The van der Waals surface area contributed by atoms with Crippen molar-refractivity contribution in [2.24, 2.45) is 17.8 Å². The van der Waals surface area contributed by atoms with Crippen molar-refractivity contribution in [1.82, 2.24) is 0 Å². The van der Waals surface area contributed by atoms with Gasteiger partial charge in [0.1, 0.15) is 0 Å². The van der Waals surface area contributed by atoms with Crippen LogP contribution in [0.4, 0.5) is 0 Å². The van der Waals surface area contributed by atoms with Gasteiger partial charge in [-0.3, -0.25) is 0 Å². The summed E-state index contributed by atoms with van der Waals surface area (Å²) in [4.78, 5) is 0. The van der Waals surface area contributed by atoms with Crippen LogP contribution in [0.1, 0.15) is 129 Å². The van der Waals surface area contributed by atoms with Crippen molar-refractivity contribution in [3.8, 4) is 0 Å². The topological polar surface area (TPSA) is 0 Å². The van der Waals surface area contributed by atoms with Crippen molar-refractivity contribution < 1.29 is 34.1 Å². The van der Waals surface area contributed by atoms with E-state index in [0.29, 0.717) is 33.3 Å². The van der Waals surface area contributed by atoms with Crippen molar-refractivity contribution in [1.29, 1.82) is 0 Å². The zero-order valence-corrected chi connectivity index (χ0v) is 35.0. The van der Waals surface area contributed by atoms with Gasteiger partial charge in [0.2, 0.25) is 0 Å². The van der Waals surface area contributed by atoms with E-state index in [1.807, 2.05) is 0 Å². The quantitative estimate of drug-likeness (QED) is 0.165. The minimum atomic E-state index is 0. The molecule has 0 heterocycles. The Balaban J connectivity index is 0. The first-order valence-electron chi connectivity index (χ1n) is 17.2. The van der Waals surface area contributed by atoms with Crippen molar-refractivity contribution >= 4 is 33.3 Å². The van der Waals surface area contributed by atoms with Crippen molar-refractivity contribution in [3.63, 3.8) is 0 Å². The molecule has 0 saturated heterocycles. The van der Waals surface area contributed by atoms with Crippen molar-refractivity contribution in [2.45, 2.75) is 153 Å². The van der Waals surface area contributed by atoms with Crippen molar-refractivity contribution in [2.75, 3.05) is 46.2 Å². The molecule has 0 nitrogen and oxygen atoms in total. The van der Waals surface area contributed by atoms with E-state index >= 15 is 0 Å². The molecule has 40 heavy (non-hydrogen) atoms. The zero-order valence-electron chi connectivity index (χ0n) is 28.7. The van der Waals surface area contributed by atoms with E-state index in [9.17, 15) is 0 Å². The van der Waals surface area contributed by atoms with Crippen LogP contribution < -0.4 is 0 Å².